The molecule has 1 heterocycles. The second-order valence-corrected chi connectivity index (χ2v) is 3.77. The molecule has 14 heavy (non-hydrogen) atoms. The van der Waals surface area contributed by atoms with Crippen LogP contribution in [0.1, 0.15) is 26.2 Å². The second kappa shape index (κ2) is 2.80. The SMILES string of the molecule is CC(=O)[C@@]12CCC[C@H]1/C(=N/O)C(=O)O2. The molecule has 0 aromatic rings. The molecule has 0 amide bonds. The van der Waals surface area contributed by atoms with Crippen molar-refractivity contribution in [2.45, 2.75) is 31.8 Å². The van der Waals surface area contributed by atoms with Crippen LogP contribution in [-0.2, 0) is 14.3 Å². The molecule has 2 aliphatic rings. The maximum Gasteiger partial charge on any atom is 0.357 e. The Hall–Kier alpha value is -1.39. The number of ether oxygens (including phenoxy) is 1. The van der Waals surface area contributed by atoms with Gasteiger partial charge in [-0.15, -0.1) is 0 Å². The van der Waals surface area contributed by atoms with Crippen LogP contribution in [0, 0.1) is 5.92 Å². The molecular formula is C9H11NO4. The van der Waals surface area contributed by atoms with Crippen LogP contribution in [0.5, 0.6) is 0 Å². The summed E-state index contributed by atoms with van der Waals surface area (Å²) in [7, 11) is 0. The van der Waals surface area contributed by atoms with E-state index in [4.69, 9.17) is 9.94 Å². The molecule has 0 unspecified atom stereocenters. The Balaban J connectivity index is 2.44. The topological polar surface area (TPSA) is 76.0 Å². The van der Waals surface area contributed by atoms with Crippen molar-refractivity contribution in [3.05, 3.63) is 0 Å². The molecule has 2 rings (SSSR count). The van der Waals surface area contributed by atoms with Crippen molar-refractivity contribution in [3.8, 4) is 0 Å². The minimum absolute atomic E-state index is 0.00213. The maximum absolute atomic E-state index is 11.4. The lowest BCUT2D eigenvalue weighted by molar-refractivity contribution is -0.156. The lowest BCUT2D eigenvalue weighted by atomic mass is 9.86. The Labute approximate surface area is 80.7 Å². The van der Waals surface area contributed by atoms with Crippen LogP contribution in [0.3, 0.4) is 0 Å². The average molecular weight is 197 g/mol. The van der Waals surface area contributed by atoms with Gasteiger partial charge in [-0.05, 0) is 26.2 Å². The molecule has 1 saturated heterocycles. The Kier molecular flexibility index (Phi) is 1.83. The van der Waals surface area contributed by atoms with Crippen LogP contribution >= 0.6 is 0 Å². The molecule has 76 valence electrons. The normalized spacial score (nSPS) is 38.5. The largest absolute Gasteiger partial charge is 0.446 e. The third-order valence-electron chi connectivity index (χ3n) is 3.12. The number of Topliss-reactive ketones (excluding diaryl/α,β-unsaturated/α-hetero) is 1. The maximum atomic E-state index is 11.4. The molecular weight excluding hydrogens is 186 g/mol. The first-order valence-corrected chi connectivity index (χ1v) is 4.58. The van der Waals surface area contributed by atoms with E-state index in [0.29, 0.717) is 12.8 Å². The monoisotopic (exact) mass is 197 g/mol. The highest BCUT2D eigenvalue weighted by Gasteiger charge is 2.59. The van der Waals surface area contributed by atoms with Crippen molar-refractivity contribution in [2.75, 3.05) is 0 Å². The first-order valence-electron chi connectivity index (χ1n) is 4.58. The van der Waals surface area contributed by atoms with Gasteiger partial charge in [-0.1, -0.05) is 5.16 Å². The van der Waals surface area contributed by atoms with Gasteiger partial charge >= 0.3 is 5.97 Å². The number of nitrogens with zero attached hydrogens (tertiary/aromatic N) is 1. The quantitative estimate of drug-likeness (QED) is 0.377. The van der Waals surface area contributed by atoms with Crippen molar-refractivity contribution in [1.29, 1.82) is 0 Å². The summed E-state index contributed by atoms with van der Waals surface area (Å²) in [5.41, 5.74) is -1.03. The van der Waals surface area contributed by atoms with Gasteiger partial charge < -0.3 is 9.94 Å². The summed E-state index contributed by atoms with van der Waals surface area (Å²) >= 11 is 0. The fourth-order valence-corrected chi connectivity index (χ4v) is 2.42. The van der Waals surface area contributed by atoms with Crippen molar-refractivity contribution < 1.29 is 19.5 Å². The van der Waals surface area contributed by atoms with E-state index >= 15 is 0 Å². The third-order valence-corrected chi connectivity index (χ3v) is 3.12. The summed E-state index contributed by atoms with van der Waals surface area (Å²) < 4.78 is 5.06. The van der Waals surface area contributed by atoms with Gasteiger partial charge in [0.2, 0.25) is 0 Å². The zero-order valence-electron chi connectivity index (χ0n) is 7.82. The zero-order valence-corrected chi connectivity index (χ0v) is 7.82. The van der Waals surface area contributed by atoms with Crippen LogP contribution in [0.15, 0.2) is 5.16 Å². The van der Waals surface area contributed by atoms with Gasteiger partial charge in [0, 0.05) is 0 Å². The Bertz CT molecular complexity index is 336. The number of oxime groups is 1. The smallest absolute Gasteiger partial charge is 0.357 e. The van der Waals surface area contributed by atoms with E-state index in [2.05, 4.69) is 5.16 Å². The van der Waals surface area contributed by atoms with Crippen LogP contribution in [0.25, 0.3) is 0 Å². The summed E-state index contributed by atoms with van der Waals surface area (Å²) in [4.78, 5) is 22.7. The van der Waals surface area contributed by atoms with E-state index in [0.717, 1.165) is 6.42 Å². The number of rotatable bonds is 1. The Morgan fingerprint density at radius 1 is 1.71 bits per heavy atom. The molecule has 1 aliphatic carbocycles. The summed E-state index contributed by atoms with van der Waals surface area (Å²) in [5.74, 6) is -1.17. The second-order valence-electron chi connectivity index (χ2n) is 3.77. The Morgan fingerprint density at radius 2 is 2.43 bits per heavy atom. The molecule has 2 fully saturated rings. The minimum atomic E-state index is -1.03. The molecule has 5 nitrogen and oxygen atoms in total. The number of ketones is 1. The van der Waals surface area contributed by atoms with Gasteiger partial charge in [-0.2, -0.15) is 0 Å². The zero-order chi connectivity index (χ0) is 10.3. The van der Waals surface area contributed by atoms with Crippen LogP contribution in [-0.4, -0.2) is 28.3 Å². The molecule has 0 bridgehead atoms. The average Bonchev–Trinajstić information content (AvgIpc) is 2.60. The third kappa shape index (κ3) is 0.921. The molecule has 1 aliphatic heterocycles. The molecule has 1 N–H and O–H groups in total. The lowest BCUT2D eigenvalue weighted by Gasteiger charge is -2.22. The number of carbonyl (C=O) groups is 2. The van der Waals surface area contributed by atoms with Crippen molar-refractivity contribution >= 4 is 17.5 Å². The van der Waals surface area contributed by atoms with Crippen molar-refractivity contribution in [2.24, 2.45) is 11.1 Å². The number of carbonyl (C=O) groups excluding carboxylic acids is 2. The summed E-state index contributed by atoms with van der Waals surface area (Å²) in [6.07, 6.45) is 2.03. The minimum Gasteiger partial charge on any atom is -0.446 e. The van der Waals surface area contributed by atoms with Crippen LogP contribution in [0.4, 0.5) is 0 Å². The number of hydrogen-bond acceptors (Lipinski definition) is 5. The van der Waals surface area contributed by atoms with Gasteiger partial charge in [0.1, 0.15) is 0 Å². The number of hydrogen-bond donors (Lipinski definition) is 1. The highest BCUT2D eigenvalue weighted by Crippen LogP contribution is 2.45. The predicted octanol–water partition coefficient (Wildman–Crippen LogP) is 0.501. The molecule has 1 saturated carbocycles. The molecule has 5 heteroatoms. The summed E-state index contributed by atoms with van der Waals surface area (Å²) in [6.45, 7) is 1.41. The van der Waals surface area contributed by atoms with Gasteiger partial charge in [0.25, 0.3) is 0 Å². The van der Waals surface area contributed by atoms with Crippen LogP contribution in [0.2, 0.25) is 0 Å². The molecule has 0 aromatic heterocycles. The van der Waals surface area contributed by atoms with Crippen molar-refractivity contribution in [3.63, 3.8) is 0 Å². The van der Waals surface area contributed by atoms with Gasteiger partial charge in [0.05, 0.1) is 5.92 Å². The fraction of sp³-hybridized carbons (Fsp3) is 0.667. The number of fused-ring (bicyclic) bond motifs is 1. The van der Waals surface area contributed by atoms with Gasteiger partial charge in [-0.25, -0.2) is 4.79 Å². The summed E-state index contributed by atoms with van der Waals surface area (Å²) in [6, 6.07) is 0. The molecule has 0 spiro atoms. The van der Waals surface area contributed by atoms with E-state index in [1.54, 1.807) is 0 Å². The highest BCUT2D eigenvalue weighted by atomic mass is 16.6. The standard InChI is InChI=1S/C9H11NO4/c1-5(11)9-4-2-3-6(9)7(10-13)8(12)14-9/h6,13H,2-4H2,1H3/b10-7-/t6-,9-/m0/s1. The Morgan fingerprint density at radius 3 is 3.00 bits per heavy atom. The highest BCUT2D eigenvalue weighted by molar-refractivity contribution is 6.40. The fourth-order valence-electron chi connectivity index (χ4n) is 2.42. The number of esters is 1. The van der Waals surface area contributed by atoms with Crippen molar-refractivity contribution in [1.82, 2.24) is 0 Å². The predicted molar refractivity (Wildman–Crippen MR) is 46.1 cm³/mol. The van der Waals surface area contributed by atoms with E-state index < -0.39 is 11.6 Å². The van der Waals surface area contributed by atoms with Crippen LogP contribution < -0.4 is 0 Å². The van der Waals surface area contributed by atoms with E-state index in [9.17, 15) is 9.59 Å². The van der Waals surface area contributed by atoms with E-state index in [1.807, 2.05) is 0 Å². The first kappa shape index (κ1) is 9.18. The summed E-state index contributed by atoms with van der Waals surface area (Å²) in [5, 5.41) is 11.6. The lowest BCUT2D eigenvalue weighted by Crippen LogP contribution is -2.39. The van der Waals surface area contributed by atoms with E-state index in [-0.39, 0.29) is 17.4 Å². The van der Waals surface area contributed by atoms with Gasteiger partial charge in [-0.3, -0.25) is 4.79 Å². The molecule has 0 aromatic carbocycles. The van der Waals surface area contributed by atoms with Gasteiger partial charge in [0.15, 0.2) is 17.1 Å². The molecule has 0 radical (unpaired) electrons. The molecule has 2 atom stereocenters. The first-order chi connectivity index (χ1) is 6.62. The van der Waals surface area contributed by atoms with E-state index in [1.165, 1.54) is 6.92 Å².